The molecule has 13 heteroatoms. The number of anilines is 1. The Hall–Kier alpha value is -3.52. The second-order valence-corrected chi connectivity index (χ2v) is 12.8. The number of benzene rings is 3. The smallest absolute Gasteiger partial charge is 0.264 e. The summed E-state index contributed by atoms with van der Waals surface area (Å²) in [6, 6.07) is 17.0. The van der Waals surface area contributed by atoms with E-state index in [0.29, 0.717) is 32.1 Å². The van der Waals surface area contributed by atoms with Gasteiger partial charge in [-0.1, -0.05) is 17.7 Å². The SMILES string of the molecule is Cc1ccc(S(=O)(=O)N(CC(=O)NCCOc2ccc(S(=O)(=O)N3CCOCC3)cc2)c2ccc(F)cc2)cc1. The summed E-state index contributed by atoms with van der Waals surface area (Å²) >= 11 is 0. The molecule has 1 aliphatic rings. The third-order valence-corrected chi connectivity index (χ3v) is 9.84. The molecule has 1 aliphatic heterocycles. The van der Waals surface area contributed by atoms with Gasteiger partial charge in [-0.15, -0.1) is 0 Å². The first-order chi connectivity index (χ1) is 19.1. The average Bonchev–Trinajstić information content (AvgIpc) is 2.95. The highest BCUT2D eigenvalue weighted by molar-refractivity contribution is 7.92. The molecule has 0 spiro atoms. The molecule has 1 fully saturated rings. The Morgan fingerprint density at radius 2 is 1.52 bits per heavy atom. The summed E-state index contributed by atoms with van der Waals surface area (Å²) < 4.78 is 78.8. The number of carbonyl (C=O) groups excluding carboxylic acids is 1. The minimum Gasteiger partial charge on any atom is -0.492 e. The third-order valence-electron chi connectivity index (χ3n) is 6.14. The molecule has 3 aromatic carbocycles. The number of carbonyl (C=O) groups is 1. The normalized spacial score (nSPS) is 14.4. The van der Waals surface area contributed by atoms with Crippen molar-refractivity contribution in [2.45, 2.75) is 16.7 Å². The minimum atomic E-state index is -4.12. The van der Waals surface area contributed by atoms with Crippen molar-refractivity contribution >= 4 is 31.6 Å². The Bertz CT molecular complexity index is 1510. The van der Waals surface area contributed by atoms with E-state index in [2.05, 4.69) is 5.32 Å². The lowest BCUT2D eigenvalue weighted by Crippen LogP contribution is -2.42. The highest BCUT2D eigenvalue weighted by Crippen LogP contribution is 2.24. The molecule has 0 atom stereocenters. The maximum atomic E-state index is 13.5. The lowest BCUT2D eigenvalue weighted by molar-refractivity contribution is -0.119. The zero-order chi connectivity index (χ0) is 28.8. The van der Waals surface area contributed by atoms with E-state index in [4.69, 9.17) is 9.47 Å². The molecule has 3 aromatic rings. The van der Waals surface area contributed by atoms with Crippen molar-refractivity contribution in [3.8, 4) is 5.75 Å². The van der Waals surface area contributed by atoms with E-state index in [0.717, 1.165) is 22.0 Å². The van der Waals surface area contributed by atoms with Crippen LogP contribution in [-0.4, -0.2) is 73.0 Å². The summed E-state index contributed by atoms with van der Waals surface area (Å²) in [5.41, 5.74) is 1.01. The first-order valence-electron chi connectivity index (χ1n) is 12.5. The minimum absolute atomic E-state index is 0.00219. The number of morpholine rings is 1. The number of nitrogens with zero attached hydrogens (tertiary/aromatic N) is 2. The van der Waals surface area contributed by atoms with Crippen LogP contribution in [0.2, 0.25) is 0 Å². The van der Waals surface area contributed by atoms with Gasteiger partial charge in [0.2, 0.25) is 15.9 Å². The van der Waals surface area contributed by atoms with Gasteiger partial charge < -0.3 is 14.8 Å². The quantitative estimate of drug-likeness (QED) is 0.340. The van der Waals surface area contributed by atoms with Crippen LogP contribution in [-0.2, 0) is 29.6 Å². The van der Waals surface area contributed by atoms with E-state index in [9.17, 15) is 26.0 Å². The fourth-order valence-electron chi connectivity index (χ4n) is 3.95. The number of rotatable bonds is 11. The molecule has 0 radical (unpaired) electrons. The molecular formula is C27H30FN3O7S2. The number of ether oxygens (including phenoxy) is 2. The Balaban J connectivity index is 1.35. The van der Waals surface area contributed by atoms with Gasteiger partial charge in [0.05, 0.1) is 35.2 Å². The van der Waals surface area contributed by atoms with Gasteiger partial charge in [-0.05, 0) is 67.6 Å². The molecule has 0 aromatic heterocycles. The first-order valence-corrected chi connectivity index (χ1v) is 15.4. The first kappa shape index (κ1) is 29.5. The molecule has 0 bridgehead atoms. The van der Waals surface area contributed by atoms with E-state index in [-0.39, 0.29) is 28.6 Å². The highest BCUT2D eigenvalue weighted by Gasteiger charge is 2.28. The maximum Gasteiger partial charge on any atom is 0.264 e. The standard InChI is InChI=1S/C27H30FN3O7S2/c1-21-2-10-26(11-3-21)40(35,36)31(23-6-4-22(28)5-7-23)20-27(32)29-14-17-38-24-8-12-25(13-9-24)39(33,34)30-15-18-37-19-16-30/h2-13H,14-20H2,1H3,(H,29,32). The third kappa shape index (κ3) is 7.16. The van der Waals surface area contributed by atoms with Gasteiger partial charge in [0.1, 0.15) is 24.7 Å². The van der Waals surface area contributed by atoms with Gasteiger partial charge in [0.15, 0.2) is 0 Å². The number of halogens is 1. The molecule has 0 aliphatic carbocycles. The zero-order valence-corrected chi connectivity index (χ0v) is 23.5. The van der Waals surface area contributed by atoms with Crippen LogP contribution in [0.15, 0.2) is 82.6 Å². The Morgan fingerprint density at radius 1 is 0.925 bits per heavy atom. The van der Waals surface area contributed by atoms with Crippen LogP contribution in [0.5, 0.6) is 5.75 Å². The second-order valence-electron chi connectivity index (χ2n) is 8.99. The van der Waals surface area contributed by atoms with Crippen LogP contribution >= 0.6 is 0 Å². The Morgan fingerprint density at radius 3 is 2.15 bits per heavy atom. The molecule has 1 amide bonds. The number of aryl methyl sites for hydroxylation is 1. The van der Waals surface area contributed by atoms with Crippen molar-refractivity contribution < 1.29 is 35.5 Å². The van der Waals surface area contributed by atoms with Gasteiger partial charge in [-0.2, -0.15) is 4.31 Å². The lowest BCUT2D eigenvalue weighted by atomic mass is 10.2. The summed E-state index contributed by atoms with van der Waals surface area (Å²) in [6.45, 7) is 2.71. The molecular weight excluding hydrogens is 561 g/mol. The van der Waals surface area contributed by atoms with Gasteiger partial charge >= 0.3 is 0 Å². The van der Waals surface area contributed by atoms with Crippen molar-refractivity contribution in [1.82, 2.24) is 9.62 Å². The number of hydrogen-bond acceptors (Lipinski definition) is 7. The molecule has 40 heavy (non-hydrogen) atoms. The molecule has 1 N–H and O–H groups in total. The van der Waals surface area contributed by atoms with Gasteiger partial charge in [0, 0.05) is 13.1 Å². The monoisotopic (exact) mass is 591 g/mol. The summed E-state index contributed by atoms with van der Waals surface area (Å²) in [6.07, 6.45) is 0. The number of nitrogens with one attached hydrogen (secondary N) is 1. The molecule has 0 unspecified atom stereocenters. The second kappa shape index (κ2) is 12.8. The van der Waals surface area contributed by atoms with Crippen LogP contribution in [0.4, 0.5) is 10.1 Å². The van der Waals surface area contributed by atoms with Crippen molar-refractivity contribution in [3.05, 3.63) is 84.2 Å². The summed E-state index contributed by atoms with van der Waals surface area (Å²) in [5.74, 6) is -0.717. The molecule has 1 saturated heterocycles. The zero-order valence-electron chi connectivity index (χ0n) is 21.8. The predicted octanol–water partition coefficient (Wildman–Crippen LogP) is 2.55. The highest BCUT2D eigenvalue weighted by atomic mass is 32.2. The van der Waals surface area contributed by atoms with Crippen LogP contribution in [0, 0.1) is 12.7 Å². The van der Waals surface area contributed by atoms with Crippen LogP contribution in [0.25, 0.3) is 0 Å². The van der Waals surface area contributed by atoms with E-state index in [1.807, 2.05) is 6.92 Å². The fourth-order valence-corrected chi connectivity index (χ4v) is 6.78. The van der Waals surface area contributed by atoms with Crippen molar-refractivity contribution in [3.63, 3.8) is 0 Å². The topological polar surface area (TPSA) is 122 Å². The van der Waals surface area contributed by atoms with Crippen molar-refractivity contribution in [2.75, 3.05) is 50.3 Å². The van der Waals surface area contributed by atoms with Crippen molar-refractivity contribution in [2.24, 2.45) is 0 Å². The Labute approximate surface area is 233 Å². The number of amides is 1. The Kier molecular flexibility index (Phi) is 9.40. The molecule has 1 heterocycles. The van der Waals surface area contributed by atoms with E-state index >= 15 is 0 Å². The molecule has 0 saturated carbocycles. The van der Waals surface area contributed by atoms with Crippen LogP contribution in [0.3, 0.4) is 0 Å². The number of hydrogen-bond donors (Lipinski definition) is 1. The van der Waals surface area contributed by atoms with Gasteiger partial charge in [-0.3, -0.25) is 9.10 Å². The van der Waals surface area contributed by atoms with Crippen molar-refractivity contribution in [1.29, 1.82) is 0 Å². The molecule has 214 valence electrons. The van der Waals surface area contributed by atoms with E-state index < -0.39 is 38.3 Å². The van der Waals surface area contributed by atoms with Gasteiger partial charge in [0.25, 0.3) is 10.0 Å². The molecule has 4 rings (SSSR count). The average molecular weight is 592 g/mol. The van der Waals surface area contributed by atoms with E-state index in [1.54, 1.807) is 12.1 Å². The molecule has 10 nitrogen and oxygen atoms in total. The summed E-state index contributed by atoms with van der Waals surface area (Å²) in [4.78, 5) is 12.9. The largest absolute Gasteiger partial charge is 0.492 e. The predicted molar refractivity (Wildman–Crippen MR) is 147 cm³/mol. The maximum absolute atomic E-state index is 13.5. The summed E-state index contributed by atoms with van der Waals surface area (Å²) in [7, 11) is -7.74. The lowest BCUT2D eigenvalue weighted by Gasteiger charge is -2.26. The van der Waals surface area contributed by atoms with Crippen LogP contribution < -0.4 is 14.4 Å². The van der Waals surface area contributed by atoms with E-state index in [1.165, 1.54) is 52.8 Å². The van der Waals surface area contributed by atoms with Gasteiger partial charge in [-0.25, -0.2) is 21.2 Å². The fraction of sp³-hybridized carbons (Fsp3) is 0.296. The van der Waals surface area contributed by atoms with Crippen LogP contribution in [0.1, 0.15) is 5.56 Å². The summed E-state index contributed by atoms with van der Waals surface area (Å²) in [5, 5.41) is 2.62. The number of sulfonamides is 2.